The van der Waals surface area contributed by atoms with Crippen LogP contribution < -0.4 is 0 Å². The number of carboxylic acids is 1. The van der Waals surface area contributed by atoms with Crippen LogP contribution in [0.5, 0.6) is 0 Å². The third-order valence-electron chi connectivity index (χ3n) is 3.92. The molecule has 0 spiro atoms. The predicted octanol–water partition coefficient (Wildman–Crippen LogP) is 1.68. The number of carboxylic acid groups (broad SMARTS) is 1. The van der Waals surface area contributed by atoms with E-state index in [2.05, 4.69) is 18.7 Å². The fourth-order valence-corrected chi connectivity index (χ4v) is 2.23. The van der Waals surface area contributed by atoms with Crippen LogP contribution in [0.2, 0.25) is 0 Å². The van der Waals surface area contributed by atoms with Crippen molar-refractivity contribution < 1.29 is 14.7 Å². The normalized spacial score (nSPS) is 17.6. The molecule has 1 heterocycles. The standard InChI is InChI=1S/C15H28N2O3/c1-12(2)5-6-16-7-9-17(10-8-16)13(18)11-15(3,4)14(19)20/h12H,5-11H2,1-4H3,(H,19,20). The van der Waals surface area contributed by atoms with Crippen molar-refractivity contribution in [3.63, 3.8) is 0 Å². The molecule has 0 saturated carbocycles. The molecule has 0 radical (unpaired) electrons. The van der Waals surface area contributed by atoms with Crippen LogP contribution in [-0.4, -0.2) is 59.5 Å². The molecule has 1 N–H and O–H groups in total. The fraction of sp³-hybridized carbons (Fsp3) is 0.867. The molecule has 0 atom stereocenters. The second-order valence-corrected chi connectivity index (χ2v) is 6.77. The van der Waals surface area contributed by atoms with Gasteiger partial charge in [-0.05, 0) is 32.7 Å². The lowest BCUT2D eigenvalue weighted by atomic mass is 9.89. The number of aliphatic carboxylic acids is 1. The van der Waals surface area contributed by atoms with Gasteiger partial charge in [-0.25, -0.2) is 0 Å². The van der Waals surface area contributed by atoms with Crippen LogP contribution in [0.3, 0.4) is 0 Å². The number of nitrogens with zero attached hydrogens (tertiary/aromatic N) is 2. The third-order valence-corrected chi connectivity index (χ3v) is 3.92. The second kappa shape index (κ2) is 7.07. The van der Waals surface area contributed by atoms with E-state index < -0.39 is 11.4 Å². The molecule has 0 aliphatic carbocycles. The molecule has 116 valence electrons. The van der Waals surface area contributed by atoms with E-state index in [-0.39, 0.29) is 12.3 Å². The van der Waals surface area contributed by atoms with Crippen molar-refractivity contribution in [2.45, 2.75) is 40.5 Å². The van der Waals surface area contributed by atoms with Crippen LogP contribution in [0.4, 0.5) is 0 Å². The van der Waals surface area contributed by atoms with E-state index >= 15 is 0 Å². The Balaban J connectivity index is 2.38. The van der Waals surface area contributed by atoms with Crippen LogP contribution >= 0.6 is 0 Å². The Morgan fingerprint density at radius 3 is 2.15 bits per heavy atom. The summed E-state index contributed by atoms with van der Waals surface area (Å²) in [6.45, 7) is 11.9. The van der Waals surface area contributed by atoms with Gasteiger partial charge in [0, 0.05) is 32.6 Å². The van der Waals surface area contributed by atoms with Gasteiger partial charge in [0.1, 0.15) is 0 Å². The summed E-state index contributed by atoms with van der Waals surface area (Å²) in [6.07, 6.45) is 1.26. The van der Waals surface area contributed by atoms with Crippen LogP contribution in [-0.2, 0) is 9.59 Å². The van der Waals surface area contributed by atoms with Crippen molar-refractivity contribution >= 4 is 11.9 Å². The summed E-state index contributed by atoms with van der Waals surface area (Å²) in [5.74, 6) is -0.256. The zero-order valence-electron chi connectivity index (χ0n) is 13.2. The molecule has 0 aromatic heterocycles. The van der Waals surface area contributed by atoms with Gasteiger partial charge in [0.15, 0.2) is 0 Å². The number of hydrogen-bond donors (Lipinski definition) is 1. The largest absolute Gasteiger partial charge is 0.481 e. The first-order chi connectivity index (χ1) is 9.22. The Kier molecular flexibility index (Phi) is 5.99. The number of amides is 1. The molecule has 1 aliphatic rings. The lowest BCUT2D eigenvalue weighted by molar-refractivity contribution is -0.151. The summed E-state index contributed by atoms with van der Waals surface area (Å²) in [5, 5.41) is 9.07. The van der Waals surface area contributed by atoms with Gasteiger partial charge in [0.25, 0.3) is 0 Å². The average molecular weight is 284 g/mol. The summed E-state index contributed by atoms with van der Waals surface area (Å²) in [5.41, 5.74) is -0.980. The lowest BCUT2D eigenvalue weighted by Crippen LogP contribution is -2.50. The monoisotopic (exact) mass is 284 g/mol. The van der Waals surface area contributed by atoms with E-state index in [4.69, 9.17) is 5.11 Å². The molecule has 1 amide bonds. The highest BCUT2D eigenvalue weighted by molar-refractivity contribution is 5.84. The van der Waals surface area contributed by atoms with Gasteiger partial charge in [-0.2, -0.15) is 0 Å². The zero-order chi connectivity index (χ0) is 15.3. The lowest BCUT2D eigenvalue weighted by Gasteiger charge is -2.36. The van der Waals surface area contributed by atoms with Crippen LogP contribution in [0.1, 0.15) is 40.5 Å². The molecule has 0 aromatic carbocycles. The number of hydrogen-bond acceptors (Lipinski definition) is 3. The van der Waals surface area contributed by atoms with E-state index in [1.165, 1.54) is 6.42 Å². The van der Waals surface area contributed by atoms with E-state index in [1.54, 1.807) is 18.7 Å². The highest BCUT2D eigenvalue weighted by Gasteiger charge is 2.32. The summed E-state index contributed by atoms with van der Waals surface area (Å²) in [4.78, 5) is 27.4. The highest BCUT2D eigenvalue weighted by atomic mass is 16.4. The van der Waals surface area contributed by atoms with Crippen LogP contribution in [0.25, 0.3) is 0 Å². The summed E-state index contributed by atoms with van der Waals surface area (Å²) in [6, 6.07) is 0. The maximum Gasteiger partial charge on any atom is 0.309 e. The van der Waals surface area contributed by atoms with Gasteiger partial charge in [0.2, 0.25) is 5.91 Å². The number of carbonyl (C=O) groups is 2. The van der Waals surface area contributed by atoms with Crippen LogP contribution in [0.15, 0.2) is 0 Å². The molecule has 1 saturated heterocycles. The molecule has 0 aromatic rings. The summed E-state index contributed by atoms with van der Waals surface area (Å²) >= 11 is 0. The summed E-state index contributed by atoms with van der Waals surface area (Å²) < 4.78 is 0. The average Bonchev–Trinajstić information content (AvgIpc) is 2.36. The molecular weight excluding hydrogens is 256 g/mol. The van der Waals surface area contributed by atoms with Crippen molar-refractivity contribution in [3.05, 3.63) is 0 Å². The van der Waals surface area contributed by atoms with E-state index in [9.17, 15) is 9.59 Å². The topological polar surface area (TPSA) is 60.9 Å². The molecule has 5 heteroatoms. The van der Waals surface area contributed by atoms with Gasteiger partial charge in [-0.1, -0.05) is 13.8 Å². The molecule has 1 fully saturated rings. The maximum absolute atomic E-state index is 12.1. The summed E-state index contributed by atoms with van der Waals surface area (Å²) in [7, 11) is 0. The van der Waals surface area contributed by atoms with E-state index in [1.807, 2.05) is 0 Å². The van der Waals surface area contributed by atoms with Gasteiger partial charge in [0.05, 0.1) is 5.41 Å². The van der Waals surface area contributed by atoms with Gasteiger partial charge >= 0.3 is 5.97 Å². The Hall–Kier alpha value is -1.10. The molecule has 5 nitrogen and oxygen atoms in total. The maximum atomic E-state index is 12.1. The minimum atomic E-state index is -0.980. The fourth-order valence-electron chi connectivity index (χ4n) is 2.23. The molecule has 20 heavy (non-hydrogen) atoms. The minimum absolute atomic E-state index is 0.0408. The Morgan fingerprint density at radius 1 is 1.15 bits per heavy atom. The third kappa shape index (κ3) is 5.12. The van der Waals surface area contributed by atoms with Crippen molar-refractivity contribution in [2.75, 3.05) is 32.7 Å². The molecule has 0 unspecified atom stereocenters. The van der Waals surface area contributed by atoms with E-state index in [0.717, 1.165) is 19.6 Å². The van der Waals surface area contributed by atoms with Crippen molar-refractivity contribution in [2.24, 2.45) is 11.3 Å². The quantitative estimate of drug-likeness (QED) is 0.806. The minimum Gasteiger partial charge on any atom is -0.481 e. The highest BCUT2D eigenvalue weighted by Crippen LogP contribution is 2.22. The van der Waals surface area contributed by atoms with Gasteiger partial charge in [-0.3, -0.25) is 14.5 Å². The second-order valence-electron chi connectivity index (χ2n) is 6.77. The van der Waals surface area contributed by atoms with Crippen molar-refractivity contribution in [1.82, 2.24) is 9.80 Å². The van der Waals surface area contributed by atoms with Gasteiger partial charge in [-0.15, -0.1) is 0 Å². The van der Waals surface area contributed by atoms with Crippen molar-refractivity contribution in [3.8, 4) is 0 Å². The number of carbonyl (C=O) groups excluding carboxylic acids is 1. The first-order valence-electron chi connectivity index (χ1n) is 7.46. The molecule has 1 rings (SSSR count). The first kappa shape index (κ1) is 17.0. The Labute approximate surface area is 121 Å². The molecule has 1 aliphatic heterocycles. The predicted molar refractivity (Wildman–Crippen MR) is 78.5 cm³/mol. The van der Waals surface area contributed by atoms with Gasteiger partial charge < -0.3 is 10.0 Å². The first-order valence-corrected chi connectivity index (χ1v) is 7.46. The zero-order valence-corrected chi connectivity index (χ0v) is 13.2. The van der Waals surface area contributed by atoms with Crippen LogP contribution in [0, 0.1) is 11.3 Å². The Bertz CT molecular complexity index is 345. The smallest absolute Gasteiger partial charge is 0.309 e. The SMILES string of the molecule is CC(C)CCN1CCN(C(=O)CC(C)(C)C(=O)O)CC1. The van der Waals surface area contributed by atoms with Crippen molar-refractivity contribution in [1.29, 1.82) is 0 Å². The number of rotatable bonds is 6. The molecular formula is C15H28N2O3. The number of piperazine rings is 1. The van der Waals surface area contributed by atoms with E-state index in [0.29, 0.717) is 19.0 Å². The molecule has 0 bridgehead atoms. The Morgan fingerprint density at radius 2 is 1.70 bits per heavy atom.